The minimum atomic E-state index is -0.327. The van der Waals surface area contributed by atoms with Gasteiger partial charge in [-0.25, -0.2) is 4.98 Å². The highest BCUT2D eigenvalue weighted by Crippen LogP contribution is 2.26. The number of rotatable bonds is 6. The Labute approximate surface area is 177 Å². The molecule has 2 aromatic carbocycles. The maximum atomic E-state index is 12.6. The summed E-state index contributed by atoms with van der Waals surface area (Å²) in [7, 11) is 0. The Bertz CT molecular complexity index is 985. The number of imidazole rings is 1. The monoisotopic (exact) mass is 452 g/mol. The molecule has 1 saturated heterocycles. The fourth-order valence-electron chi connectivity index (χ4n) is 3.44. The van der Waals surface area contributed by atoms with Crippen LogP contribution in [0.1, 0.15) is 17.5 Å². The number of benzene rings is 2. The van der Waals surface area contributed by atoms with Gasteiger partial charge in [-0.3, -0.25) is 9.59 Å². The summed E-state index contributed by atoms with van der Waals surface area (Å²) in [6.07, 6.45) is 5.71. The van der Waals surface area contributed by atoms with Gasteiger partial charge in [0.15, 0.2) is 0 Å². The molecule has 1 aromatic heterocycles. The molecule has 3 aromatic rings. The molecule has 1 aliphatic rings. The van der Waals surface area contributed by atoms with Crippen molar-refractivity contribution in [3.63, 3.8) is 0 Å². The molecule has 4 rings (SSSR count). The predicted octanol–water partition coefficient (Wildman–Crippen LogP) is 3.36. The van der Waals surface area contributed by atoms with Crippen molar-refractivity contribution in [2.24, 2.45) is 5.92 Å². The van der Waals surface area contributed by atoms with E-state index in [4.69, 9.17) is 0 Å². The van der Waals surface area contributed by atoms with Crippen molar-refractivity contribution in [3.8, 4) is 0 Å². The third kappa shape index (κ3) is 4.74. The van der Waals surface area contributed by atoms with Crippen LogP contribution in [0.15, 0.2) is 71.7 Å². The molecular formula is C22H21BrN4O2. The number of amides is 2. The standard InChI is InChI=1S/C22H21BrN4O2/c23-19-5-7-20(8-6-19)27-14-18(11-21(27)28)22(29)25-12-16-1-3-17(4-2-16)13-26-10-9-24-15-26/h1-10,15,18H,11-14H2,(H,25,29). The number of hydrogen-bond donors (Lipinski definition) is 1. The first-order valence-corrected chi connectivity index (χ1v) is 10.2. The Hall–Kier alpha value is -2.93. The van der Waals surface area contributed by atoms with Crippen LogP contribution in [0.25, 0.3) is 0 Å². The van der Waals surface area contributed by atoms with E-state index in [2.05, 4.69) is 38.4 Å². The fourth-order valence-corrected chi connectivity index (χ4v) is 3.71. The number of nitrogens with one attached hydrogen (secondary N) is 1. The molecule has 0 saturated carbocycles. The van der Waals surface area contributed by atoms with Crippen LogP contribution < -0.4 is 10.2 Å². The topological polar surface area (TPSA) is 67.2 Å². The van der Waals surface area contributed by atoms with Gasteiger partial charge >= 0.3 is 0 Å². The van der Waals surface area contributed by atoms with Crippen LogP contribution in [-0.4, -0.2) is 27.9 Å². The number of halogens is 1. The maximum absolute atomic E-state index is 12.6. The van der Waals surface area contributed by atoms with Crippen LogP contribution in [0.5, 0.6) is 0 Å². The van der Waals surface area contributed by atoms with Crippen molar-refractivity contribution in [1.82, 2.24) is 14.9 Å². The van der Waals surface area contributed by atoms with E-state index in [1.165, 1.54) is 5.56 Å². The Balaban J connectivity index is 1.30. The second-order valence-electron chi connectivity index (χ2n) is 7.15. The second kappa shape index (κ2) is 8.61. The van der Waals surface area contributed by atoms with Gasteiger partial charge in [-0.15, -0.1) is 0 Å². The van der Waals surface area contributed by atoms with E-state index in [0.717, 1.165) is 22.3 Å². The van der Waals surface area contributed by atoms with Crippen LogP contribution in [0, 0.1) is 5.92 Å². The van der Waals surface area contributed by atoms with Gasteiger partial charge < -0.3 is 14.8 Å². The summed E-state index contributed by atoms with van der Waals surface area (Å²) in [6, 6.07) is 15.7. The van der Waals surface area contributed by atoms with Crippen molar-refractivity contribution in [2.45, 2.75) is 19.5 Å². The largest absolute Gasteiger partial charge is 0.352 e. The molecule has 0 bridgehead atoms. The average molecular weight is 453 g/mol. The summed E-state index contributed by atoms with van der Waals surface area (Å²) in [5.41, 5.74) is 3.02. The van der Waals surface area contributed by atoms with Crippen molar-refractivity contribution >= 4 is 33.4 Å². The van der Waals surface area contributed by atoms with E-state index in [1.54, 1.807) is 17.4 Å². The molecule has 1 atom stereocenters. The van der Waals surface area contributed by atoms with Gasteiger partial charge in [-0.05, 0) is 35.4 Å². The smallest absolute Gasteiger partial charge is 0.227 e. The minimum absolute atomic E-state index is 0.0173. The molecule has 0 spiro atoms. The van der Waals surface area contributed by atoms with E-state index in [-0.39, 0.29) is 24.2 Å². The lowest BCUT2D eigenvalue weighted by molar-refractivity contribution is -0.126. The molecule has 6 nitrogen and oxygen atoms in total. The minimum Gasteiger partial charge on any atom is -0.352 e. The van der Waals surface area contributed by atoms with Gasteiger partial charge in [0.05, 0.1) is 12.2 Å². The highest BCUT2D eigenvalue weighted by atomic mass is 79.9. The first-order valence-electron chi connectivity index (χ1n) is 9.46. The molecule has 2 amide bonds. The van der Waals surface area contributed by atoms with E-state index in [1.807, 2.05) is 47.2 Å². The first kappa shape index (κ1) is 19.4. The van der Waals surface area contributed by atoms with Gasteiger partial charge in [-0.2, -0.15) is 0 Å². The summed E-state index contributed by atoms with van der Waals surface area (Å²) in [5, 5.41) is 2.97. The van der Waals surface area contributed by atoms with Gasteiger partial charge in [0.2, 0.25) is 11.8 Å². The Morgan fingerprint density at radius 2 is 1.83 bits per heavy atom. The highest BCUT2D eigenvalue weighted by Gasteiger charge is 2.34. The van der Waals surface area contributed by atoms with E-state index >= 15 is 0 Å². The van der Waals surface area contributed by atoms with Crippen molar-refractivity contribution in [1.29, 1.82) is 0 Å². The van der Waals surface area contributed by atoms with Gasteiger partial charge in [-0.1, -0.05) is 40.2 Å². The number of hydrogen-bond acceptors (Lipinski definition) is 3. The molecule has 2 heterocycles. The van der Waals surface area contributed by atoms with E-state index in [0.29, 0.717) is 13.1 Å². The molecule has 0 aliphatic carbocycles. The van der Waals surface area contributed by atoms with Crippen LogP contribution >= 0.6 is 15.9 Å². The normalized spacial score (nSPS) is 16.2. The van der Waals surface area contributed by atoms with E-state index < -0.39 is 0 Å². The predicted molar refractivity (Wildman–Crippen MR) is 114 cm³/mol. The number of nitrogens with zero attached hydrogens (tertiary/aromatic N) is 3. The molecule has 29 heavy (non-hydrogen) atoms. The summed E-state index contributed by atoms with van der Waals surface area (Å²) in [5.74, 6) is -0.427. The lowest BCUT2D eigenvalue weighted by Crippen LogP contribution is -2.32. The summed E-state index contributed by atoms with van der Waals surface area (Å²) < 4.78 is 2.96. The molecule has 148 valence electrons. The first-order chi connectivity index (χ1) is 14.1. The van der Waals surface area contributed by atoms with Crippen LogP contribution in [-0.2, 0) is 22.7 Å². The third-order valence-electron chi connectivity index (χ3n) is 5.05. The Morgan fingerprint density at radius 3 is 2.52 bits per heavy atom. The lowest BCUT2D eigenvalue weighted by Gasteiger charge is -2.17. The summed E-state index contributed by atoms with van der Waals surface area (Å²) in [4.78, 5) is 30.6. The Kier molecular flexibility index (Phi) is 5.76. The van der Waals surface area contributed by atoms with Crippen molar-refractivity contribution in [2.75, 3.05) is 11.4 Å². The van der Waals surface area contributed by atoms with Crippen molar-refractivity contribution < 1.29 is 9.59 Å². The fraction of sp³-hybridized carbons (Fsp3) is 0.227. The molecule has 7 heteroatoms. The zero-order valence-corrected chi connectivity index (χ0v) is 17.4. The van der Waals surface area contributed by atoms with Crippen LogP contribution in [0.2, 0.25) is 0 Å². The third-order valence-corrected chi connectivity index (χ3v) is 5.58. The van der Waals surface area contributed by atoms with Gasteiger partial charge in [0.1, 0.15) is 0 Å². The van der Waals surface area contributed by atoms with Crippen molar-refractivity contribution in [3.05, 3.63) is 82.9 Å². The summed E-state index contributed by atoms with van der Waals surface area (Å²) in [6.45, 7) is 1.63. The summed E-state index contributed by atoms with van der Waals surface area (Å²) >= 11 is 3.39. The Morgan fingerprint density at radius 1 is 1.10 bits per heavy atom. The van der Waals surface area contributed by atoms with Gasteiger partial charge in [0, 0.05) is 48.6 Å². The number of aromatic nitrogens is 2. The molecule has 0 radical (unpaired) electrons. The van der Waals surface area contributed by atoms with Crippen LogP contribution in [0.3, 0.4) is 0 Å². The quantitative estimate of drug-likeness (QED) is 0.623. The van der Waals surface area contributed by atoms with Crippen LogP contribution in [0.4, 0.5) is 5.69 Å². The molecular weight excluding hydrogens is 432 g/mol. The maximum Gasteiger partial charge on any atom is 0.227 e. The SMILES string of the molecule is O=C(NCc1ccc(Cn2ccnc2)cc1)C1CC(=O)N(c2ccc(Br)cc2)C1. The number of anilines is 1. The second-order valence-corrected chi connectivity index (χ2v) is 8.07. The molecule has 1 unspecified atom stereocenters. The highest BCUT2D eigenvalue weighted by molar-refractivity contribution is 9.10. The number of carbonyl (C=O) groups is 2. The van der Waals surface area contributed by atoms with Gasteiger partial charge in [0.25, 0.3) is 0 Å². The molecule has 1 fully saturated rings. The zero-order chi connectivity index (χ0) is 20.2. The zero-order valence-electron chi connectivity index (χ0n) is 15.8. The average Bonchev–Trinajstić information content (AvgIpc) is 3.37. The molecule has 1 N–H and O–H groups in total. The number of carbonyl (C=O) groups excluding carboxylic acids is 2. The lowest BCUT2D eigenvalue weighted by atomic mass is 10.1. The molecule has 1 aliphatic heterocycles. The van der Waals surface area contributed by atoms with E-state index in [9.17, 15) is 9.59 Å².